The van der Waals surface area contributed by atoms with Crippen molar-refractivity contribution in [3.05, 3.63) is 59.8 Å². The Kier molecular flexibility index (Phi) is 4.87. The van der Waals surface area contributed by atoms with Gasteiger partial charge in [0.2, 0.25) is 0 Å². The Morgan fingerprint density at radius 1 is 1.26 bits per heavy atom. The van der Waals surface area contributed by atoms with Crippen LogP contribution in [0.2, 0.25) is 0 Å². The predicted molar refractivity (Wildman–Crippen MR) is 111 cm³/mol. The van der Waals surface area contributed by atoms with Crippen LogP contribution in [-0.2, 0) is 13.1 Å². The van der Waals surface area contributed by atoms with Gasteiger partial charge in [0.15, 0.2) is 0 Å². The molecule has 0 bridgehead atoms. The minimum atomic E-state index is -0.0289. The number of nitrogens with one attached hydrogen (secondary N) is 1. The van der Waals surface area contributed by atoms with Gasteiger partial charge in [-0.15, -0.1) is 11.8 Å². The number of thioether (sulfide) groups is 1. The SMILES string of the molecule is CC(C)Oc1ccc(CNC(=O)c2cc3cccc4c3n2CC(C)S4)cc1. The third-order valence-corrected chi connectivity index (χ3v) is 5.77. The molecule has 2 heterocycles. The van der Waals surface area contributed by atoms with Crippen molar-refractivity contribution in [1.82, 2.24) is 9.88 Å². The lowest BCUT2D eigenvalue weighted by molar-refractivity contribution is 0.0942. The van der Waals surface area contributed by atoms with Gasteiger partial charge in [-0.2, -0.15) is 0 Å². The fraction of sp³-hybridized carbons (Fsp3) is 0.318. The Balaban J connectivity index is 1.51. The largest absolute Gasteiger partial charge is 0.491 e. The van der Waals surface area contributed by atoms with Crippen LogP contribution in [0.15, 0.2) is 53.4 Å². The lowest BCUT2D eigenvalue weighted by Gasteiger charge is -2.22. The van der Waals surface area contributed by atoms with E-state index in [9.17, 15) is 4.79 Å². The molecule has 1 aliphatic rings. The molecule has 27 heavy (non-hydrogen) atoms. The number of benzene rings is 2. The van der Waals surface area contributed by atoms with Crippen LogP contribution < -0.4 is 10.1 Å². The summed E-state index contributed by atoms with van der Waals surface area (Å²) in [6.07, 6.45) is 0.154. The third kappa shape index (κ3) is 3.69. The minimum Gasteiger partial charge on any atom is -0.491 e. The first-order chi connectivity index (χ1) is 13.0. The van der Waals surface area contributed by atoms with E-state index < -0.39 is 0 Å². The highest BCUT2D eigenvalue weighted by molar-refractivity contribution is 8.00. The number of rotatable bonds is 5. The van der Waals surface area contributed by atoms with Crippen molar-refractivity contribution in [2.24, 2.45) is 0 Å². The Morgan fingerprint density at radius 2 is 2.04 bits per heavy atom. The van der Waals surface area contributed by atoms with Crippen molar-refractivity contribution in [1.29, 1.82) is 0 Å². The van der Waals surface area contributed by atoms with E-state index in [2.05, 4.69) is 35.0 Å². The van der Waals surface area contributed by atoms with Crippen molar-refractivity contribution >= 4 is 28.6 Å². The maximum atomic E-state index is 12.9. The van der Waals surface area contributed by atoms with Gasteiger partial charge in [0.25, 0.3) is 5.91 Å². The van der Waals surface area contributed by atoms with Gasteiger partial charge in [0.1, 0.15) is 11.4 Å². The number of carbonyl (C=O) groups excluding carboxylic acids is 1. The summed E-state index contributed by atoms with van der Waals surface area (Å²) < 4.78 is 7.83. The second-order valence-corrected chi connectivity index (χ2v) is 8.74. The maximum absolute atomic E-state index is 12.9. The van der Waals surface area contributed by atoms with Gasteiger partial charge < -0.3 is 14.6 Å². The van der Waals surface area contributed by atoms with Gasteiger partial charge in [-0.05, 0) is 43.7 Å². The molecular weight excluding hydrogens is 356 g/mol. The van der Waals surface area contributed by atoms with E-state index in [-0.39, 0.29) is 12.0 Å². The third-order valence-electron chi connectivity index (χ3n) is 4.63. The van der Waals surface area contributed by atoms with Gasteiger partial charge in [-0.25, -0.2) is 0 Å². The number of para-hydroxylation sites is 1. The molecule has 1 amide bonds. The van der Waals surface area contributed by atoms with Crippen molar-refractivity contribution < 1.29 is 9.53 Å². The van der Waals surface area contributed by atoms with Crippen LogP contribution in [0.3, 0.4) is 0 Å². The first-order valence-corrected chi connectivity index (χ1v) is 10.2. The van der Waals surface area contributed by atoms with Crippen LogP contribution in [0.25, 0.3) is 10.9 Å². The molecule has 4 nitrogen and oxygen atoms in total. The van der Waals surface area contributed by atoms with E-state index in [1.807, 2.05) is 55.9 Å². The van der Waals surface area contributed by atoms with E-state index in [0.717, 1.165) is 28.9 Å². The summed E-state index contributed by atoms with van der Waals surface area (Å²) in [7, 11) is 0. The Hall–Kier alpha value is -2.40. The minimum absolute atomic E-state index is 0.0289. The van der Waals surface area contributed by atoms with Gasteiger partial charge in [-0.1, -0.05) is 31.2 Å². The summed E-state index contributed by atoms with van der Waals surface area (Å²) in [5.41, 5.74) is 2.98. The average molecular weight is 381 g/mol. The molecule has 1 unspecified atom stereocenters. The fourth-order valence-corrected chi connectivity index (χ4v) is 4.66. The zero-order valence-corrected chi connectivity index (χ0v) is 16.7. The smallest absolute Gasteiger partial charge is 0.268 e. The number of nitrogens with zero attached hydrogens (tertiary/aromatic N) is 1. The zero-order chi connectivity index (χ0) is 19.0. The lowest BCUT2D eigenvalue weighted by atomic mass is 10.2. The van der Waals surface area contributed by atoms with E-state index in [1.54, 1.807) is 0 Å². The highest BCUT2D eigenvalue weighted by Crippen LogP contribution is 2.38. The molecule has 140 valence electrons. The van der Waals surface area contributed by atoms with Crippen molar-refractivity contribution in [2.45, 2.75) is 50.1 Å². The molecule has 0 radical (unpaired) electrons. The molecule has 1 aromatic heterocycles. The number of ether oxygens (including phenoxy) is 1. The predicted octanol–water partition coefficient (Wildman–Crippen LogP) is 4.85. The molecule has 5 heteroatoms. The molecule has 0 saturated carbocycles. The molecule has 1 N–H and O–H groups in total. The van der Waals surface area contributed by atoms with Gasteiger partial charge in [-0.3, -0.25) is 4.79 Å². The molecule has 1 atom stereocenters. The number of hydrogen-bond acceptors (Lipinski definition) is 3. The van der Waals surface area contributed by atoms with Crippen molar-refractivity contribution in [3.63, 3.8) is 0 Å². The molecule has 2 aromatic carbocycles. The number of amides is 1. The van der Waals surface area contributed by atoms with Crippen LogP contribution in [-0.4, -0.2) is 21.8 Å². The molecule has 0 aliphatic carbocycles. The van der Waals surface area contributed by atoms with Crippen molar-refractivity contribution in [3.8, 4) is 5.75 Å². The molecule has 1 aliphatic heterocycles. The lowest BCUT2D eigenvalue weighted by Crippen LogP contribution is -2.27. The number of carbonyl (C=O) groups is 1. The van der Waals surface area contributed by atoms with Crippen LogP contribution in [0.1, 0.15) is 36.8 Å². The highest BCUT2D eigenvalue weighted by atomic mass is 32.2. The standard InChI is InChI=1S/C22H24N2O2S/c1-14(2)26-18-9-7-16(8-10-18)12-23-22(25)19-11-17-5-4-6-20-21(17)24(19)13-15(3)27-20/h4-11,14-15H,12-13H2,1-3H3,(H,23,25). The first-order valence-electron chi connectivity index (χ1n) is 9.34. The normalized spacial score (nSPS) is 15.9. The summed E-state index contributed by atoms with van der Waals surface area (Å²) in [4.78, 5) is 14.1. The molecule has 4 rings (SSSR count). The Morgan fingerprint density at radius 3 is 2.78 bits per heavy atom. The summed E-state index contributed by atoms with van der Waals surface area (Å²) in [5, 5.41) is 4.65. The number of hydrogen-bond donors (Lipinski definition) is 1. The summed E-state index contributed by atoms with van der Waals surface area (Å²) >= 11 is 1.88. The Bertz CT molecular complexity index is 976. The molecule has 0 fully saturated rings. The summed E-state index contributed by atoms with van der Waals surface area (Å²) in [5.74, 6) is 0.820. The number of aromatic nitrogens is 1. The van der Waals surface area contributed by atoms with E-state index >= 15 is 0 Å². The summed E-state index contributed by atoms with van der Waals surface area (Å²) in [6, 6.07) is 16.2. The van der Waals surface area contributed by atoms with E-state index in [1.165, 1.54) is 10.4 Å². The van der Waals surface area contributed by atoms with Crippen LogP contribution in [0.5, 0.6) is 5.75 Å². The molecule has 0 saturated heterocycles. The van der Waals surface area contributed by atoms with Gasteiger partial charge in [0.05, 0.1) is 11.6 Å². The van der Waals surface area contributed by atoms with Crippen molar-refractivity contribution in [2.75, 3.05) is 0 Å². The monoisotopic (exact) mass is 380 g/mol. The van der Waals surface area contributed by atoms with Gasteiger partial charge >= 0.3 is 0 Å². The average Bonchev–Trinajstić information content (AvgIpc) is 3.00. The summed E-state index contributed by atoms with van der Waals surface area (Å²) in [6.45, 7) is 7.57. The van der Waals surface area contributed by atoms with Crippen LogP contribution in [0.4, 0.5) is 0 Å². The second kappa shape index (κ2) is 7.31. The highest BCUT2D eigenvalue weighted by Gasteiger charge is 2.23. The van der Waals surface area contributed by atoms with E-state index in [4.69, 9.17) is 4.74 Å². The molecule has 0 spiro atoms. The van der Waals surface area contributed by atoms with Crippen LogP contribution in [0, 0.1) is 0 Å². The Labute approximate surface area is 163 Å². The first kappa shape index (κ1) is 18.0. The quantitative estimate of drug-likeness (QED) is 0.688. The van der Waals surface area contributed by atoms with Crippen LogP contribution >= 0.6 is 11.8 Å². The topological polar surface area (TPSA) is 43.3 Å². The van der Waals surface area contributed by atoms with E-state index in [0.29, 0.717) is 11.8 Å². The second-order valence-electron chi connectivity index (χ2n) is 7.26. The molecular formula is C22H24N2O2S. The molecule has 3 aromatic rings. The zero-order valence-electron chi connectivity index (χ0n) is 15.9. The fourth-order valence-electron chi connectivity index (χ4n) is 3.51. The van der Waals surface area contributed by atoms with Gasteiger partial charge in [0, 0.05) is 28.6 Å². The maximum Gasteiger partial charge on any atom is 0.268 e.